The molecule has 3 rings (SSSR count). The van der Waals surface area contributed by atoms with Crippen molar-refractivity contribution < 1.29 is 22.3 Å². The van der Waals surface area contributed by atoms with Crippen LogP contribution in [0.25, 0.3) is 0 Å². The first-order chi connectivity index (χ1) is 11.0. The number of benzene rings is 1. The molecule has 0 unspecified atom stereocenters. The number of para-hydroxylation sites is 1. The summed E-state index contributed by atoms with van der Waals surface area (Å²) in [6, 6.07) is 6.00. The third kappa shape index (κ3) is 3.84. The molecule has 1 atom stereocenters. The molecule has 23 heavy (non-hydrogen) atoms. The first kappa shape index (κ1) is 16.7. The molecule has 2 aliphatic heterocycles. The van der Waals surface area contributed by atoms with Crippen molar-refractivity contribution in [3.05, 3.63) is 30.1 Å². The summed E-state index contributed by atoms with van der Waals surface area (Å²) in [4.78, 5) is 0. The highest BCUT2D eigenvalue weighted by Gasteiger charge is 2.42. The van der Waals surface area contributed by atoms with E-state index in [1.54, 1.807) is 16.4 Å². The van der Waals surface area contributed by atoms with Crippen molar-refractivity contribution in [2.24, 2.45) is 5.41 Å². The number of sulfonamides is 1. The predicted octanol–water partition coefficient (Wildman–Crippen LogP) is 2.04. The van der Waals surface area contributed by atoms with Crippen LogP contribution in [-0.4, -0.2) is 51.4 Å². The van der Waals surface area contributed by atoms with Gasteiger partial charge < -0.3 is 9.47 Å². The summed E-state index contributed by atoms with van der Waals surface area (Å²) in [5.74, 6) is -0.537. The van der Waals surface area contributed by atoms with E-state index in [4.69, 9.17) is 9.47 Å². The van der Waals surface area contributed by atoms with Gasteiger partial charge in [0, 0.05) is 25.1 Å². The van der Waals surface area contributed by atoms with Crippen LogP contribution in [0, 0.1) is 11.2 Å². The average molecular weight is 343 g/mol. The van der Waals surface area contributed by atoms with Crippen molar-refractivity contribution >= 4 is 10.0 Å². The Kier molecular flexibility index (Phi) is 4.89. The minimum Gasteiger partial charge on any atom is -0.489 e. The molecule has 2 heterocycles. The smallest absolute Gasteiger partial charge is 0.217 e. The fourth-order valence-electron chi connectivity index (χ4n) is 3.32. The van der Waals surface area contributed by atoms with Gasteiger partial charge in [-0.2, -0.15) is 0 Å². The van der Waals surface area contributed by atoms with Gasteiger partial charge >= 0.3 is 0 Å². The van der Waals surface area contributed by atoms with Crippen LogP contribution < -0.4 is 4.74 Å². The van der Waals surface area contributed by atoms with Gasteiger partial charge in [-0.25, -0.2) is 17.1 Å². The van der Waals surface area contributed by atoms with Gasteiger partial charge in [0.05, 0.1) is 12.4 Å². The second-order valence-electron chi connectivity index (χ2n) is 6.33. The molecule has 0 N–H and O–H groups in total. The molecule has 1 aromatic carbocycles. The van der Waals surface area contributed by atoms with Crippen molar-refractivity contribution in [1.82, 2.24) is 4.31 Å². The fraction of sp³-hybridized carbons (Fsp3) is 0.625. The second-order valence-corrected chi connectivity index (χ2v) is 8.42. The van der Waals surface area contributed by atoms with Crippen LogP contribution in [0.4, 0.5) is 4.39 Å². The summed E-state index contributed by atoms with van der Waals surface area (Å²) in [6.07, 6.45) is 2.80. The SMILES string of the molecule is O=S(=O)(CCOc1ccccc1F)N1CCC[C@]2(CCOC2)C1. The number of nitrogens with zero attached hydrogens (tertiary/aromatic N) is 1. The van der Waals surface area contributed by atoms with Crippen LogP contribution in [0.3, 0.4) is 0 Å². The van der Waals surface area contributed by atoms with E-state index in [0.29, 0.717) is 26.3 Å². The Balaban J connectivity index is 1.57. The number of halogens is 1. The zero-order valence-electron chi connectivity index (χ0n) is 13.0. The summed E-state index contributed by atoms with van der Waals surface area (Å²) in [6.45, 7) is 2.37. The Bertz CT molecular complexity index is 643. The van der Waals surface area contributed by atoms with Gasteiger partial charge in [0.1, 0.15) is 6.61 Å². The van der Waals surface area contributed by atoms with E-state index in [9.17, 15) is 12.8 Å². The van der Waals surface area contributed by atoms with Crippen LogP contribution in [0.1, 0.15) is 19.3 Å². The van der Waals surface area contributed by atoms with E-state index >= 15 is 0 Å². The first-order valence-electron chi connectivity index (χ1n) is 7.94. The minimum atomic E-state index is -3.40. The Morgan fingerprint density at radius 3 is 2.87 bits per heavy atom. The van der Waals surface area contributed by atoms with Crippen LogP contribution in [-0.2, 0) is 14.8 Å². The predicted molar refractivity (Wildman–Crippen MR) is 84.4 cm³/mol. The van der Waals surface area contributed by atoms with E-state index in [-0.39, 0.29) is 23.5 Å². The third-order valence-corrected chi connectivity index (χ3v) is 6.42. The average Bonchev–Trinajstić information content (AvgIpc) is 2.97. The molecule has 0 amide bonds. The summed E-state index contributed by atoms with van der Waals surface area (Å²) in [5.41, 5.74) is -0.0162. The van der Waals surface area contributed by atoms with Crippen LogP contribution >= 0.6 is 0 Å². The molecular weight excluding hydrogens is 321 g/mol. The molecule has 128 valence electrons. The van der Waals surface area contributed by atoms with Crippen molar-refractivity contribution in [3.8, 4) is 5.75 Å². The van der Waals surface area contributed by atoms with E-state index < -0.39 is 15.8 Å². The van der Waals surface area contributed by atoms with Gasteiger partial charge in [-0.1, -0.05) is 12.1 Å². The lowest BCUT2D eigenvalue weighted by Crippen LogP contribution is -2.47. The Labute approximate surface area is 136 Å². The van der Waals surface area contributed by atoms with Crippen LogP contribution in [0.2, 0.25) is 0 Å². The molecule has 0 aliphatic carbocycles. The highest BCUT2D eigenvalue weighted by molar-refractivity contribution is 7.89. The highest BCUT2D eigenvalue weighted by atomic mass is 32.2. The zero-order valence-corrected chi connectivity index (χ0v) is 13.9. The van der Waals surface area contributed by atoms with Crippen molar-refractivity contribution in [1.29, 1.82) is 0 Å². The maximum atomic E-state index is 13.5. The number of rotatable bonds is 5. The van der Waals surface area contributed by atoms with Crippen molar-refractivity contribution in [2.75, 3.05) is 38.7 Å². The standard InChI is InChI=1S/C16H22FNO4S/c17-14-4-1-2-5-15(14)22-10-11-23(19,20)18-8-3-6-16(12-18)7-9-21-13-16/h1-2,4-5H,3,6-13H2/t16-/m0/s1. The van der Waals surface area contributed by atoms with E-state index in [1.807, 2.05) is 0 Å². The van der Waals surface area contributed by atoms with E-state index in [0.717, 1.165) is 19.3 Å². The largest absolute Gasteiger partial charge is 0.489 e. The van der Waals surface area contributed by atoms with Gasteiger partial charge in [0.2, 0.25) is 10.0 Å². The normalized spacial score (nSPS) is 25.8. The number of hydrogen-bond acceptors (Lipinski definition) is 4. The Morgan fingerprint density at radius 2 is 2.13 bits per heavy atom. The van der Waals surface area contributed by atoms with Crippen molar-refractivity contribution in [3.63, 3.8) is 0 Å². The van der Waals surface area contributed by atoms with Gasteiger partial charge in [0.25, 0.3) is 0 Å². The molecule has 5 nitrogen and oxygen atoms in total. The molecule has 0 bridgehead atoms. The lowest BCUT2D eigenvalue weighted by Gasteiger charge is -2.38. The lowest BCUT2D eigenvalue weighted by molar-refractivity contribution is 0.105. The van der Waals surface area contributed by atoms with Crippen LogP contribution in [0.5, 0.6) is 5.75 Å². The molecule has 0 saturated carbocycles. The van der Waals surface area contributed by atoms with Crippen molar-refractivity contribution in [2.45, 2.75) is 19.3 Å². The van der Waals surface area contributed by atoms with E-state index in [1.165, 1.54) is 12.1 Å². The maximum absolute atomic E-state index is 13.5. The summed E-state index contributed by atoms with van der Waals surface area (Å²) in [5, 5.41) is 0. The molecule has 7 heteroatoms. The van der Waals surface area contributed by atoms with Gasteiger partial charge in [0.15, 0.2) is 11.6 Å². The summed E-state index contributed by atoms with van der Waals surface area (Å²) >= 11 is 0. The highest BCUT2D eigenvalue weighted by Crippen LogP contribution is 2.38. The second kappa shape index (κ2) is 6.75. The molecule has 0 radical (unpaired) electrons. The zero-order chi connectivity index (χ0) is 16.3. The van der Waals surface area contributed by atoms with Gasteiger partial charge in [-0.15, -0.1) is 0 Å². The Morgan fingerprint density at radius 1 is 1.30 bits per heavy atom. The fourth-order valence-corrected chi connectivity index (χ4v) is 4.75. The minimum absolute atomic E-state index is 0.0162. The molecular formula is C16H22FNO4S. The third-order valence-electron chi connectivity index (χ3n) is 4.64. The summed E-state index contributed by atoms with van der Waals surface area (Å²) in [7, 11) is -3.40. The number of piperidine rings is 1. The Hall–Kier alpha value is -1.18. The lowest BCUT2D eigenvalue weighted by atomic mass is 9.80. The van der Waals surface area contributed by atoms with E-state index in [2.05, 4.69) is 0 Å². The van der Waals surface area contributed by atoms with Gasteiger partial charge in [-0.3, -0.25) is 0 Å². The molecule has 2 saturated heterocycles. The molecule has 2 aliphatic rings. The number of ether oxygens (including phenoxy) is 2. The summed E-state index contributed by atoms with van der Waals surface area (Å²) < 4.78 is 50.8. The molecule has 0 aromatic heterocycles. The molecule has 1 spiro atoms. The quantitative estimate of drug-likeness (QED) is 0.821. The number of hydrogen-bond donors (Lipinski definition) is 0. The topological polar surface area (TPSA) is 55.8 Å². The van der Waals surface area contributed by atoms with Gasteiger partial charge in [-0.05, 0) is 31.4 Å². The molecule has 2 fully saturated rings. The monoisotopic (exact) mass is 343 g/mol. The van der Waals surface area contributed by atoms with Crippen LogP contribution in [0.15, 0.2) is 24.3 Å². The first-order valence-corrected chi connectivity index (χ1v) is 9.55. The maximum Gasteiger partial charge on any atom is 0.217 e. The molecule has 1 aromatic rings.